The van der Waals surface area contributed by atoms with Crippen molar-refractivity contribution < 1.29 is 47.7 Å². The van der Waals surface area contributed by atoms with Crippen molar-refractivity contribution in [2.24, 2.45) is 0 Å². The van der Waals surface area contributed by atoms with Gasteiger partial charge < -0.3 is 23.7 Å². The number of hydrogen-bond donors (Lipinski definition) is 0. The van der Waals surface area contributed by atoms with E-state index >= 15 is 0 Å². The van der Waals surface area contributed by atoms with Crippen molar-refractivity contribution in [2.45, 2.75) is 99.5 Å². The Balaban J connectivity index is 0. The molecule has 1 aliphatic heterocycles. The first kappa shape index (κ1) is 44.7. The summed E-state index contributed by atoms with van der Waals surface area (Å²) in [6.45, 7) is 15.6. The van der Waals surface area contributed by atoms with E-state index in [0.717, 1.165) is 31.1 Å². The van der Waals surface area contributed by atoms with E-state index in [1.165, 1.54) is 52.9 Å². The van der Waals surface area contributed by atoms with Crippen molar-refractivity contribution in [3.63, 3.8) is 0 Å². The summed E-state index contributed by atoms with van der Waals surface area (Å²) in [7, 11) is 0. The van der Waals surface area contributed by atoms with Crippen molar-refractivity contribution in [3.8, 4) is 0 Å². The predicted molar refractivity (Wildman–Crippen MR) is 181 cm³/mol. The molecule has 10 heteroatoms. The third-order valence-electron chi connectivity index (χ3n) is 5.60. The van der Waals surface area contributed by atoms with Crippen molar-refractivity contribution >= 4 is 29.8 Å². The van der Waals surface area contributed by atoms with Gasteiger partial charge in [-0.25, -0.2) is 9.59 Å². The van der Waals surface area contributed by atoms with Gasteiger partial charge in [0.05, 0.1) is 37.2 Å². The van der Waals surface area contributed by atoms with Crippen molar-refractivity contribution in [1.29, 1.82) is 0 Å². The molecule has 2 aromatic carbocycles. The number of carbonyl (C=O) groups excluding carboxylic acids is 5. The fourth-order valence-electron chi connectivity index (χ4n) is 3.38. The van der Waals surface area contributed by atoms with Gasteiger partial charge in [0.15, 0.2) is 0 Å². The molecule has 0 spiro atoms. The summed E-state index contributed by atoms with van der Waals surface area (Å²) in [5.74, 6) is -1.12. The summed E-state index contributed by atoms with van der Waals surface area (Å²) < 4.78 is 23.3. The third kappa shape index (κ3) is 28.7. The van der Waals surface area contributed by atoms with Crippen LogP contribution in [0.1, 0.15) is 119 Å². The van der Waals surface area contributed by atoms with Crippen LogP contribution in [0.4, 0.5) is 0 Å². The zero-order chi connectivity index (χ0) is 35.7. The van der Waals surface area contributed by atoms with Gasteiger partial charge in [-0.15, -0.1) is 0 Å². The highest BCUT2D eigenvalue weighted by atomic mass is 16.5. The SMILES string of the molecule is C=COC(C)=O.CCCCCCCCOC(C)=O.CCCOC(=O)c1ccccc1.CCCOC(C)=O.O=C1OCc2ccccc21. The lowest BCUT2D eigenvalue weighted by atomic mass is 10.1. The maximum absolute atomic E-state index is 11.2. The average molecular weight is 659 g/mol. The largest absolute Gasteiger partial charge is 0.466 e. The molecule has 3 rings (SSSR count). The summed E-state index contributed by atoms with van der Waals surface area (Å²) >= 11 is 0. The Morgan fingerprint density at radius 3 is 1.70 bits per heavy atom. The van der Waals surface area contributed by atoms with Crippen LogP contribution in [0.3, 0.4) is 0 Å². The lowest BCUT2D eigenvalue weighted by Gasteiger charge is -2.01. The first-order valence-electron chi connectivity index (χ1n) is 16.1. The van der Waals surface area contributed by atoms with Crippen LogP contribution < -0.4 is 0 Å². The Morgan fingerprint density at radius 2 is 1.21 bits per heavy atom. The molecule has 1 heterocycles. The highest BCUT2D eigenvalue weighted by molar-refractivity contribution is 5.93. The molecule has 262 valence electrons. The molecule has 0 atom stereocenters. The molecule has 0 aliphatic carbocycles. The van der Waals surface area contributed by atoms with Gasteiger partial charge >= 0.3 is 29.8 Å². The zero-order valence-corrected chi connectivity index (χ0v) is 29.0. The third-order valence-corrected chi connectivity index (χ3v) is 5.60. The van der Waals surface area contributed by atoms with Gasteiger partial charge in [0, 0.05) is 26.3 Å². The van der Waals surface area contributed by atoms with E-state index in [0.29, 0.717) is 37.6 Å². The predicted octanol–water partition coefficient (Wildman–Crippen LogP) is 8.17. The fraction of sp³-hybridized carbons (Fsp3) is 0.486. The van der Waals surface area contributed by atoms with Gasteiger partial charge in [-0.1, -0.05) is 95.9 Å². The first-order valence-corrected chi connectivity index (χ1v) is 16.1. The summed E-state index contributed by atoms with van der Waals surface area (Å²) in [6, 6.07) is 16.4. The van der Waals surface area contributed by atoms with E-state index in [9.17, 15) is 24.0 Å². The van der Waals surface area contributed by atoms with Gasteiger partial charge in [0.25, 0.3) is 0 Å². The molecular formula is C37H54O10. The highest BCUT2D eigenvalue weighted by Gasteiger charge is 2.18. The number of fused-ring (bicyclic) bond motifs is 1. The topological polar surface area (TPSA) is 132 Å². The normalized spacial score (nSPS) is 10.1. The Labute approximate surface area is 280 Å². The number of ether oxygens (including phenoxy) is 5. The van der Waals surface area contributed by atoms with E-state index in [1.54, 1.807) is 18.2 Å². The van der Waals surface area contributed by atoms with Crippen LogP contribution in [0, 0.1) is 0 Å². The smallest absolute Gasteiger partial charge is 0.338 e. The lowest BCUT2D eigenvalue weighted by molar-refractivity contribution is -0.141. The number of hydrogen-bond acceptors (Lipinski definition) is 10. The summed E-state index contributed by atoms with van der Waals surface area (Å²) in [5, 5.41) is 0. The minimum Gasteiger partial charge on any atom is -0.466 e. The van der Waals surface area contributed by atoms with E-state index in [1.807, 2.05) is 50.2 Å². The van der Waals surface area contributed by atoms with Crippen molar-refractivity contribution in [2.75, 3.05) is 19.8 Å². The number of benzene rings is 2. The monoisotopic (exact) mass is 658 g/mol. The number of esters is 5. The summed E-state index contributed by atoms with van der Waals surface area (Å²) in [4.78, 5) is 52.1. The maximum atomic E-state index is 11.2. The molecule has 0 unspecified atom stereocenters. The standard InChI is InChI=1S/C10H12O2.C10H20O2.C8H6O2.C5H10O2.C4H6O2/c1-2-8-12-10(11)9-6-4-3-5-7-9;1-3-4-5-6-7-8-9-12-10(2)11;9-8-7-4-2-1-3-6(7)5-10-8;1-3-4-7-5(2)6;1-3-6-4(2)5/h3-7H,2,8H2,1H3;3-9H2,1-2H3;1-4H,5H2;3-4H2,1-2H3;3H,1H2,2H3. The van der Waals surface area contributed by atoms with Gasteiger partial charge in [0.2, 0.25) is 0 Å². The molecule has 0 radical (unpaired) electrons. The van der Waals surface area contributed by atoms with Crippen LogP contribution in [0.2, 0.25) is 0 Å². The molecule has 0 aromatic heterocycles. The van der Waals surface area contributed by atoms with Crippen LogP contribution >= 0.6 is 0 Å². The zero-order valence-electron chi connectivity index (χ0n) is 29.0. The molecule has 0 bridgehead atoms. The molecule has 0 saturated carbocycles. The Bertz CT molecular complexity index is 1140. The van der Waals surface area contributed by atoms with Crippen molar-refractivity contribution in [1.82, 2.24) is 0 Å². The Morgan fingerprint density at radius 1 is 0.681 bits per heavy atom. The number of carbonyl (C=O) groups is 5. The summed E-state index contributed by atoms with van der Waals surface area (Å²) in [5.41, 5.74) is 2.32. The molecule has 10 nitrogen and oxygen atoms in total. The molecule has 0 saturated heterocycles. The second-order valence-corrected chi connectivity index (χ2v) is 9.96. The molecule has 0 amide bonds. The molecule has 47 heavy (non-hydrogen) atoms. The average Bonchev–Trinajstić information content (AvgIpc) is 3.44. The minimum absolute atomic E-state index is 0.163. The van der Waals surface area contributed by atoms with Gasteiger partial charge in [-0.2, -0.15) is 0 Å². The second-order valence-electron chi connectivity index (χ2n) is 9.96. The van der Waals surface area contributed by atoms with Crippen LogP contribution in [0.25, 0.3) is 0 Å². The Kier molecular flexibility index (Phi) is 29.9. The molecule has 0 fully saturated rings. The maximum Gasteiger partial charge on any atom is 0.338 e. The van der Waals surface area contributed by atoms with Gasteiger partial charge in [-0.05, 0) is 37.5 Å². The van der Waals surface area contributed by atoms with Crippen LogP contribution in [0.5, 0.6) is 0 Å². The second kappa shape index (κ2) is 31.5. The van der Waals surface area contributed by atoms with E-state index in [-0.39, 0.29) is 29.8 Å². The number of rotatable bonds is 13. The van der Waals surface area contributed by atoms with E-state index in [2.05, 4.69) is 23.0 Å². The Hall–Kier alpha value is -4.47. The quantitative estimate of drug-likeness (QED) is 0.0898. The van der Waals surface area contributed by atoms with Crippen LogP contribution in [-0.4, -0.2) is 49.7 Å². The molecular weight excluding hydrogens is 604 g/mol. The lowest BCUT2D eigenvalue weighted by Crippen LogP contribution is -2.05. The first-order chi connectivity index (χ1) is 22.5. The fourth-order valence-corrected chi connectivity index (χ4v) is 3.38. The number of cyclic esters (lactones) is 1. The molecule has 2 aromatic rings. The van der Waals surface area contributed by atoms with E-state index in [4.69, 9.17) is 14.2 Å². The van der Waals surface area contributed by atoms with Crippen molar-refractivity contribution in [3.05, 3.63) is 84.1 Å². The van der Waals surface area contributed by atoms with Crippen LogP contribution in [0.15, 0.2) is 67.4 Å². The molecule has 0 N–H and O–H groups in total. The molecule has 1 aliphatic rings. The number of unbranched alkanes of at least 4 members (excludes halogenated alkanes) is 5. The van der Waals surface area contributed by atoms with E-state index < -0.39 is 0 Å². The summed E-state index contributed by atoms with van der Waals surface area (Å²) in [6.07, 6.45) is 10.3. The highest BCUT2D eigenvalue weighted by Crippen LogP contribution is 2.18. The van der Waals surface area contributed by atoms with Gasteiger partial charge in [0.1, 0.15) is 6.61 Å². The minimum atomic E-state index is -0.329. The van der Waals surface area contributed by atoms with Gasteiger partial charge in [-0.3, -0.25) is 14.4 Å². The van der Waals surface area contributed by atoms with Crippen LogP contribution in [-0.2, 0) is 44.7 Å².